The number of nitrogens with zero attached hydrogens (tertiary/aromatic N) is 1. The van der Waals surface area contributed by atoms with Gasteiger partial charge < -0.3 is 9.47 Å². The SMILES string of the molecule is COc1ccc(/C=N\NC(=O)COc2cccc(C)c2C)cc1I. The van der Waals surface area contributed by atoms with Gasteiger partial charge in [-0.1, -0.05) is 12.1 Å². The smallest absolute Gasteiger partial charge is 0.277 e. The Labute approximate surface area is 155 Å². The number of carbonyl (C=O) groups excluding carboxylic acids is 1. The minimum Gasteiger partial charge on any atom is -0.496 e. The Morgan fingerprint density at radius 2 is 2.04 bits per heavy atom. The van der Waals surface area contributed by atoms with Gasteiger partial charge in [0.2, 0.25) is 0 Å². The summed E-state index contributed by atoms with van der Waals surface area (Å²) in [6.07, 6.45) is 1.58. The van der Waals surface area contributed by atoms with Crippen molar-refractivity contribution in [1.82, 2.24) is 5.43 Å². The Bertz CT molecular complexity index is 760. The molecule has 0 saturated heterocycles. The zero-order chi connectivity index (χ0) is 17.5. The quantitative estimate of drug-likeness (QED) is 0.427. The highest BCUT2D eigenvalue weighted by atomic mass is 127. The van der Waals surface area contributed by atoms with E-state index in [1.54, 1.807) is 13.3 Å². The lowest BCUT2D eigenvalue weighted by atomic mass is 10.1. The summed E-state index contributed by atoms with van der Waals surface area (Å²) < 4.78 is 11.7. The van der Waals surface area contributed by atoms with Gasteiger partial charge in [-0.05, 0) is 77.4 Å². The highest BCUT2D eigenvalue weighted by Gasteiger charge is 2.05. The van der Waals surface area contributed by atoms with Gasteiger partial charge >= 0.3 is 0 Å². The summed E-state index contributed by atoms with van der Waals surface area (Å²) in [4.78, 5) is 11.8. The van der Waals surface area contributed by atoms with Crippen LogP contribution in [-0.2, 0) is 4.79 Å². The fraction of sp³-hybridized carbons (Fsp3) is 0.222. The molecule has 0 aliphatic carbocycles. The molecule has 0 bridgehead atoms. The van der Waals surface area contributed by atoms with Crippen LogP contribution in [0.5, 0.6) is 11.5 Å². The molecule has 0 saturated carbocycles. The molecule has 0 spiro atoms. The molecule has 0 aliphatic heterocycles. The lowest BCUT2D eigenvalue weighted by Gasteiger charge is -2.09. The van der Waals surface area contributed by atoms with Gasteiger partial charge in [-0.15, -0.1) is 0 Å². The van der Waals surface area contributed by atoms with E-state index < -0.39 is 0 Å². The molecular formula is C18H19IN2O3. The molecular weight excluding hydrogens is 419 g/mol. The summed E-state index contributed by atoms with van der Waals surface area (Å²) in [5.74, 6) is 1.20. The van der Waals surface area contributed by atoms with E-state index in [0.29, 0.717) is 5.75 Å². The third kappa shape index (κ3) is 4.95. The van der Waals surface area contributed by atoms with E-state index in [0.717, 1.165) is 26.0 Å². The third-order valence-electron chi connectivity index (χ3n) is 3.49. The zero-order valence-electron chi connectivity index (χ0n) is 13.8. The van der Waals surface area contributed by atoms with Crippen molar-refractivity contribution >= 4 is 34.7 Å². The number of rotatable bonds is 6. The Hall–Kier alpha value is -2.09. The number of carbonyl (C=O) groups is 1. The van der Waals surface area contributed by atoms with Crippen LogP contribution >= 0.6 is 22.6 Å². The number of hydrazone groups is 1. The third-order valence-corrected chi connectivity index (χ3v) is 4.34. The van der Waals surface area contributed by atoms with E-state index in [1.807, 2.05) is 50.2 Å². The number of amides is 1. The molecule has 0 unspecified atom stereocenters. The van der Waals surface area contributed by atoms with Gasteiger partial charge in [0.05, 0.1) is 16.9 Å². The standard InChI is InChI=1S/C18H19IN2O3/c1-12-5-4-6-16(13(12)2)24-11-18(22)21-20-10-14-7-8-17(23-3)15(19)9-14/h4-10H,11H2,1-3H3,(H,21,22)/b20-10-. The summed E-state index contributed by atoms with van der Waals surface area (Å²) in [6.45, 7) is 3.89. The number of nitrogens with one attached hydrogen (secondary N) is 1. The first kappa shape index (κ1) is 18.3. The topological polar surface area (TPSA) is 59.9 Å². The van der Waals surface area contributed by atoms with Gasteiger partial charge in [-0.3, -0.25) is 4.79 Å². The van der Waals surface area contributed by atoms with Crippen LogP contribution in [0.4, 0.5) is 0 Å². The van der Waals surface area contributed by atoms with Crippen molar-refractivity contribution in [2.45, 2.75) is 13.8 Å². The van der Waals surface area contributed by atoms with Crippen molar-refractivity contribution in [3.63, 3.8) is 0 Å². The second-order valence-corrected chi connectivity index (χ2v) is 6.34. The summed E-state index contributed by atoms with van der Waals surface area (Å²) in [5.41, 5.74) is 5.48. The van der Waals surface area contributed by atoms with Crippen molar-refractivity contribution in [3.8, 4) is 11.5 Å². The zero-order valence-corrected chi connectivity index (χ0v) is 16.0. The number of benzene rings is 2. The number of methoxy groups -OCH3 is 1. The minimum atomic E-state index is -0.310. The summed E-state index contributed by atoms with van der Waals surface area (Å²) >= 11 is 2.18. The molecule has 24 heavy (non-hydrogen) atoms. The first-order valence-corrected chi connectivity index (χ1v) is 8.43. The van der Waals surface area contributed by atoms with Crippen molar-refractivity contribution in [1.29, 1.82) is 0 Å². The summed E-state index contributed by atoms with van der Waals surface area (Å²) in [5, 5.41) is 3.94. The maximum atomic E-state index is 11.8. The number of halogens is 1. The molecule has 1 N–H and O–H groups in total. The molecule has 0 radical (unpaired) electrons. The molecule has 0 heterocycles. The van der Waals surface area contributed by atoms with Crippen LogP contribution in [0.15, 0.2) is 41.5 Å². The lowest BCUT2D eigenvalue weighted by molar-refractivity contribution is -0.123. The van der Waals surface area contributed by atoms with Crippen LogP contribution < -0.4 is 14.9 Å². The number of hydrogen-bond acceptors (Lipinski definition) is 4. The van der Waals surface area contributed by atoms with Crippen LogP contribution in [0.3, 0.4) is 0 Å². The number of aryl methyl sites for hydroxylation is 1. The van der Waals surface area contributed by atoms with Gasteiger partial charge in [-0.25, -0.2) is 5.43 Å². The Morgan fingerprint density at radius 1 is 1.25 bits per heavy atom. The van der Waals surface area contributed by atoms with Gasteiger partial charge in [0.15, 0.2) is 6.61 Å². The predicted molar refractivity (Wildman–Crippen MR) is 103 cm³/mol. The van der Waals surface area contributed by atoms with Crippen molar-refractivity contribution in [3.05, 3.63) is 56.7 Å². The minimum absolute atomic E-state index is 0.0816. The second-order valence-electron chi connectivity index (χ2n) is 5.17. The molecule has 1 amide bonds. The predicted octanol–water partition coefficient (Wildman–Crippen LogP) is 3.45. The molecule has 0 aliphatic rings. The summed E-state index contributed by atoms with van der Waals surface area (Å²) in [6, 6.07) is 11.4. The van der Waals surface area contributed by atoms with Crippen molar-refractivity contribution in [2.75, 3.05) is 13.7 Å². The molecule has 2 aromatic rings. The number of hydrogen-bond donors (Lipinski definition) is 1. The Morgan fingerprint density at radius 3 is 2.75 bits per heavy atom. The second kappa shape index (κ2) is 8.68. The van der Waals surface area contributed by atoms with Crippen LogP contribution in [0.2, 0.25) is 0 Å². The fourth-order valence-corrected chi connectivity index (χ4v) is 2.76. The van der Waals surface area contributed by atoms with E-state index in [1.165, 1.54) is 0 Å². The Kier molecular flexibility index (Phi) is 6.60. The molecule has 0 aromatic heterocycles. The molecule has 6 heteroatoms. The van der Waals surface area contributed by atoms with Gasteiger partial charge in [0, 0.05) is 0 Å². The maximum absolute atomic E-state index is 11.8. The van der Waals surface area contributed by atoms with Gasteiger partial charge in [0.25, 0.3) is 5.91 Å². The average Bonchev–Trinajstić information content (AvgIpc) is 2.56. The van der Waals surface area contributed by atoms with Crippen LogP contribution in [-0.4, -0.2) is 25.8 Å². The van der Waals surface area contributed by atoms with Crippen LogP contribution in [0, 0.1) is 17.4 Å². The van der Waals surface area contributed by atoms with Gasteiger partial charge in [-0.2, -0.15) is 5.10 Å². The number of ether oxygens (including phenoxy) is 2. The van der Waals surface area contributed by atoms with Crippen molar-refractivity contribution in [2.24, 2.45) is 5.10 Å². The maximum Gasteiger partial charge on any atom is 0.277 e. The fourth-order valence-electron chi connectivity index (χ4n) is 2.00. The van der Waals surface area contributed by atoms with E-state index >= 15 is 0 Å². The first-order chi connectivity index (χ1) is 11.5. The highest BCUT2D eigenvalue weighted by Crippen LogP contribution is 2.21. The molecule has 5 nitrogen and oxygen atoms in total. The monoisotopic (exact) mass is 438 g/mol. The molecule has 0 atom stereocenters. The van der Waals surface area contributed by atoms with Gasteiger partial charge in [0.1, 0.15) is 11.5 Å². The molecule has 2 aromatic carbocycles. The molecule has 0 fully saturated rings. The van der Waals surface area contributed by atoms with E-state index in [4.69, 9.17) is 9.47 Å². The normalized spacial score (nSPS) is 10.7. The van der Waals surface area contributed by atoms with E-state index in [2.05, 4.69) is 33.1 Å². The molecule has 2 rings (SSSR count). The Balaban J connectivity index is 1.86. The summed E-state index contributed by atoms with van der Waals surface area (Å²) in [7, 11) is 1.63. The van der Waals surface area contributed by atoms with E-state index in [9.17, 15) is 4.79 Å². The first-order valence-electron chi connectivity index (χ1n) is 7.35. The van der Waals surface area contributed by atoms with Crippen LogP contribution in [0.25, 0.3) is 0 Å². The van der Waals surface area contributed by atoms with E-state index in [-0.39, 0.29) is 12.5 Å². The largest absolute Gasteiger partial charge is 0.496 e. The molecule has 126 valence electrons. The van der Waals surface area contributed by atoms with Crippen molar-refractivity contribution < 1.29 is 14.3 Å². The average molecular weight is 438 g/mol. The highest BCUT2D eigenvalue weighted by molar-refractivity contribution is 14.1. The lowest BCUT2D eigenvalue weighted by Crippen LogP contribution is -2.24. The van der Waals surface area contributed by atoms with Crippen LogP contribution in [0.1, 0.15) is 16.7 Å².